The summed E-state index contributed by atoms with van der Waals surface area (Å²) in [6.07, 6.45) is 3.12. The molecule has 0 spiro atoms. The number of aliphatic carboxylic acids is 1. The molecule has 1 fully saturated rings. The number of carbonyl (C=O) groups excluding carboxylic acids is 1. The van der Waals surface area contributed by atoms with E-state index in [2.05, 4.69) is 29.6 Å². The normalized spacial score (nSPS) is 25.2. The topological polar surface area (TPSA) is 111 Å². The van der Waals surface area contributed by atoms with Crippen LogP contribution in [-0.2, 0) is 9.59 Å². The summed E-state index contributed by atoms with van der Waals surface area (Å²) in [4.78, 5) is 22.9. The van der Waals surface area contributed by atoms with Crippen LogP contribution < -0.4 is 10.6 Å². The van der Waals surface area contributed by atoms with Gasteiger partial charge in [-0.2, -0.15) is 0 Å². The van der Waals surface area contributed by atoms with Gasteiger partial charge in [0.05, 0.1) is 5.71 Å². The lowest BCUT2D eigenvalue weighted by molar-refractivity contribution is -0.139. The highest BCUT2D eigenvalue weighted by Crippen LogP contribution is 2.28. The maximum Gasteiger partial charge on any atom is 0.320 e. The highest BCUT2D eigenvalue weighted by Gasteiger charge is 2.43. The van der Waals surface area contributed by atoms with Gasteiger partial charge in [-0.25, -0.2) is 0 Å². The van der Waals surface area contributed by atoms with E-state index in [0.29, 0.717) is 18.1 Å². The summed E-state index contributed by atoms with van der Waals surface area (Å²) < 4.78 is 0. The van der Waals surface area contributed by atoms with E-state index in [1.807, 2.05) is 0 Å². The van der Waals surface area contributed by atoms with E-state index in [9.17, 15) is 14.7 Å². The zero-order valence-corrected chi connectivity index (χ0v) is 15.6. The predicted molar refractivity (Wildman–Crippen MR) is 94.9 cm³/mol. The van der Waals surface area contributed by atoms with Crippen molar-refractivity contribution in [2.75, 3.05) is 0 Å². The third-order valence-corrected chi connectivity index (χ3v) is 4.87. The standard InChI is InChI=1S/C16H29N3O4.ClH/c1-5-11(6-2)7-13(17-10(4)20)15-12(9(3)19-23)8-14(18-15)16(21)22;/h11-15,18,23H,5-8H2,1-4H3,(H,17,20)(H,21,22);1H/t12-,13-,14+,15+;/m0./s1. The molecule has 0 aromatic carbocycles. The molecule has 1 heterocycles. The van der Waals surface area contributed by atoms with Crippen molar-refractivity contribution in [3.8, 4) is 0 Å². The molecule has 1 aliphatic heterocycles. The van der Waals surface area contributed by atoms with Crippen LogP contribution in [0.3, 0.4) is 0 Å². The molecule has 0 aromatic rings. The summed E-state index contributed by atoms with van der Waals surface area (Å²) in [5, 5.41) is 27.7. The number of oxime groups is 1. The lowest BCUT2D eigenvalue weighted by Gasteiger charge is -2.31. The first-order valence-corrected chi connectivity index (χ1v) is 8.28. The molecule has 7 nitrogen and oxygen atoms in total. The first-order valence-electron chi connectivity index (χ1n) is 8.28. The van der Waals surface area contributed by atoms with E-state index >= 15 is 0 Å². The molecule has 1 aliphatic rings. The summed E-state index contributed by atoms with van der Waals surface area (Å²) in [6, 6.07) is -1.14. The Kier molecular flexibility index (Phi) is 9.92. The second kappa shape index (κ2) is 10.5. The fourth-order valence-corrected chi connectivity index (χ4v) is 3.43. The number of nitrogens with one attached hydrogen (secondary N) is 2. The molecule has 140 valence electrons. The van der Waals surface area contributed by atoms with Crippen LogP contribution in [0.2, 0.25) is 0 Å². The largest absolute Gasteiger partial charge is 0.480 e. The van der Waals surface area contributed by atoms with Gasteiger partial charge in [0.25, 0.3) is 0 Å². The molecule has 0 unspecified atom stereocenters. The van der Waals surface area contributed by atoms with Gasteiger partial charge in [0.1, 0.15) is 6.04 Å². The first-order chi connectivity index (χ1) is 10.8. The van der Waals surface area contributed by atoms with Gasteiger partial charge in [0, 0.05) is 24.9 Å². The van der Waals surface area contributed by atoms with Crippen LogP contribution in [-0.4, -0.2) is 46.0 Å². The van der Waals surface area contributed by atoms with Crippen LogP contribution in [0.5, 0.6) is 0 Å². The Morgan fingerprint density at radius 3 is 2.29 bits per heavy atom. The lowest BCUT2D eigenvalue weighted by Crippen LogP contribution is -2.53. The highest BCUT2D eigenvalue weighted by molar-refractivity contribution is 5.87. The number of amides is 1. The number of carboxylic acids is 1. The van der Waals surface area contributed by atoms with E-state index in [0.717, 1.165) is 19.3 Å². The smallest absolute Gasteiger partial charge is 0.320 e. The Labute approximate surface area is 149 Å². The summed E-state index contributed by atoms with van der Waals surface area (Å²) in [6.45, 7) is 7.37. The van der Waals surface area contributed by atoms with Crippen LogP contribution in [0.25, 0.3) is 0 Å². The Bertz CT molecular complexity index is 455. The van der Waals surface area contributed by atoms with Gasteiger partial charge in [-0.05, 0) is 25.7 Å². The van der Waals surface area contributed by atoms with Gasteiger partial charge in [-0.3, -0.25) is 14.9 Å². The molecule has 1 rings (SSSR count). The van der Waals surface area contributed by atoms with Gasteiger partial charge < -0.3 is 15.6 Å². The highest BCUT2D eigenvalue weighted by atomic mass is 35.5. The number of rotatable bonds is 8. The van der Waals surface area contributed by atoms with Crippen molar-refractivity contribution in [2.24, 2.45) is 17.0 Å². The third-order valence-electron chi connectivity index (χ3n) is 4.87. The molecular formula is C16H30ClN3O4. The zero-order chi connectivity index (χ0) is 17.6. The van der Waals surface area contributed by atoms with Crippen LogP contribution in [0, 0.1) is 11.8 Å². The average molecular weight is 364 g/mol. The molecule has 0 aliphatic carbocycles. The Balaban J connectivity index is 0.00000529. The van der Waals surface area contributed by atoms with E-state index in [1.54, 1.807) is 6.92 Å². The van der Waals surface area contributed by atoms with Crippen LogP contribution in [0.15, 0.2) is 5.16 Å². The maximum absolute atomic E-state index is 11.6. The maximum atomic E-state index is 11.6. The lowest BCUT2D eigenvalue weighted by atomic mass is 9.84. The molecule has 4 N–H and O–H groups in total. The van der Waals surface area contributed by atoms with E-state index in [1.165, 1.54) is 6.92 Å². The zero-order valence-electron chi connectivity index (χ0n) is 14.8. The number of hydrogen-bond donors (Lipinski definition) is 4. The third kappa shape index (κ3) is 5.94. The molecule has 0 saturated carbocycles. The average Bonchev–Trinajstić information content (AvgIpc) is 2.95. The van der Waals surface area contributed by atoms with Gasteiger partial charge in [0.15, 0.2) is 0 Å². The predicted octanol–water partition coefficient (Wildman–Crippen LogP) is 2.02. The van der Waals surface area contributed by atoms with E-state index < -0.39 is 12.0 Å². The van der Waals surface area contributed by atoms with Crippen molar-refractivity contribution >= 4 is 30.0 Å². The minimum absolute atomic E-state index is 0. The Morgan fingerprint density at radius 2 is 1.88 bits per heavy atom. The second-order valence-corrected chi connectivity index (χ2v) is 6.39. The molecule has 8 heteroatoms. The number of halogens is 1. The summed E-state index contributed by atoms with van der Waals surface area (Å²) in [5.41, 5.74) is 0.492. The Morgan fingerprint density at radius 1 is 1.29 bits per heavy atom. The van der Waals surface area contributed by atoms with Crippen LogP contribution >= 0.6 is 12.4 Å². The van der Waals surface area contributed by atoms with Crippen molar-refractivity contribution in [2.45, 2.75) is 71.5 Å². The monoisotopic (exact) mass is 363 g/mol. The minimum Gasteiger partial charge on any atom is -0.480 e. The summed E-state index contributed by atoms with van der Waals surface area (Å²) >= 11 is 0. The molecule has 1 saturated heterocycles. The molecule has 4 atom stereocenters. The van der Waals surface area contributed by atoms with Crippen molar-refractivity contribution in [1.82, 2.24) is 10.6 Å². The fourth-order valence-electron chi connectivity index (χ4n) is 3.43. The molecular weight excluding hydrogens is 334 g/mol. The number of nitrogens with zero attached hydrogens (tertiary/aromatic N) is 1. The van der Waals surface area contributed by atoms with Gasteiger partial charge in [0.2, 0.25) is 5.91 Å². The number of carboxylic acid groups (broad SMARTS) is 1. The van der Waals surface area contributed by atoms with Gasteiger partial charge >= 0.3 is 5.97 Å². The molecule has 0 bridgehead atoms. The SMILES string of the molecule is CCC(CC)C[C@H](NC(C)=O)[C@@H]1N[C@@H](C(=O)O)C[C@H]1C(C)=NO.Cl. The fraction of sp³-hybridized carbons (Fsp3) is 0.812. The van der Waals surface area contributed by atoms with Crippen molar-refractivity contribution in [1.29, 1.82) is 0 Å². The van der Waals surface area contributed by atoms with E-state index in [-0.39, 0.29) is 36.3 Å². The minimum atomic E-state index is -0.924. The summed E-state index contributed by atoms with van der Waals surface area (Å²) in [5.74, 6) is -0.830. The molecule has 0 radical (unpaired) electrons. The van der Waals surface area contributed by atoms with Crippen molar-refractivity contribution in [3.63, 3.8) is 0 Å². The van der Waals surface area contributed by atoms with Crippen LogP contribution in [0.4, 0.5) is 0 Å². The molecule has 1 amide bonds. The van der Waals surface area contributed by atoms with Gasteiger partial charge in [-0.15, -0.1) is 12.4 Å². The van der Waals surface area contributed by atoms with E-state index in [4.69, 9.17) is 5.21 Å². The quantitative estimate of drug-likeness (QED) is 0.299. The number of carbonyl (C=O) groups is 2. The molecule has 0 aromatic heterocycles. The van der Waals surface area contributed by atoms with Crippen molar-refractivity contribution in [3.05, 3.63) is 0 Å². The second-order valence-electron chi connectivity index (χ2n) is 6.39. The molecule has 24 heavy (non-hydrogen) atoms. The van der Waals surface area contributed by atoms with Gasteiger partial charge in [-0.1, -0.05) is 31.8 Å². The van der Waals surface area contributed by atoms with Crippen LogP contribution in [0.1, 0.15) is 53.4 Å². The number of hydrogen-bond acceptors (Lipinski definition) is 5. The summed E-state index contributed by atoms with van der Waals surface area (Å²) in [7, 11) is 0. The van der Waals surface area contributed by atoms with Crippen molar-refractivity contribution < 1.29 is 19.9 Å². The first kappa shape index (κ1) is 22.7. The Hall–Kier alpha value is -1.34.